The second kappa shape index (κ2) is 12.0. The van der Waals surface area contributed by atoms with Crippen molar-refractivity contribution in [1.82, 2.24) is 5.32 Å². The summed E-state index contributed by atoms with van der Waals surface area (Å²) in [5, 5.41) is 20.4. The van der Waals surface area contributed by atoms with Crippen LogP contribution in [-0.4, -0.2) is 34.2 Å². The molecule has 0 saturated carbocycles. The number of unbranched alkanes of at least 4 members (excludes halogenated alkanes) is 3. The van der Waals surface area contributed by atoms with Crippen LogP contribution in [0.25, 0.3) is 0 Å². The van der Waals surface area contributed by atoms with Crippen molar-refractivity contribution in [3.8, 4) is 0 Å². The molecule has 1 rings (SSSR count). The number of carbonyl (C=O) groups excluding carboxylic acids is 1. The Labute approximate surface area is 149 Å². The molecular weight excluding hydrogens is 318 g/mol. The van der Waals surface area contributed by atoms with E-state index in [2.05, 4.69) is 29.6 Å². The van der Waals surface area contributed by atoms with Gasteiger partial charge in [0.05, 0.1) is 6.10 Å². The van der Waals surface area contributed by atoms with Crippen LogP contribution in [-0.2, 0) is 16.0 Å². The molecule has 0 heterocycles. The standard InChI is InChI=1S/C20H27NO4/c1-16(22)19(20(24)25)21-18(23)15-11-6-4-2-3-5-8-12-17-13-9-7-10-14-17/h4,6-7,9-11,13-16,19,22H,2-3,5,8,12H2,1H3,(H,21,23)(H,24,25)/b6-4+,15-11+/t16-,19?/m1/s1. The topological polar surface area (TPSA) is 86.6 Å². The lowest BCUT2D eigenvalue weighted by Gasteiger charge is -2.15. The van der Waals surface area contributed by atoms with Crippen molar-refractivity contribution in [2.24, 2.45) is 0 Å². The van der Waals surface area contributed by atoms with Crippen LogP contribution in [0.1, 0.15) is 38.2 Å². The van der Waals surface area contributed by atoms with E-state index in [0.717, 1.165) is 32.1 Å². The zero-order valence-corrected chi connectivity index (χ0v) is 14.6. The molecule has 1 unspecified atom stereocenters. The monoisotopic (exact) mass is 345 g/mol. The Hall–Kier alpha value is -2.40. The molecule has 3 N–H and O–H groups in total. The summed E-state index contributed by atoms with van der Waals surface area (Å²) in [5.41, 5.74) is 1.36. The number of hydrogen-bond acceptors (Lipinski definition) is 3. The third kappa shape index (κ3) is 9.47. The molecular formula is C20H27NO4. The van der Waals surface area contributed by atoms with Gasteiger partial charge in [-0.15, -0.1) is 0 Å². The largest absolute Gasteiger partial charge is 0.480 e. The normalized spacial score (nSPS) is 13.8. The molecule has 5 heteroatoms. The quantitative estimate of drug-likeness (QED) is 0.327. The van der Waals surface area contributed by atoms with Gasteiger partial charge < -0.3 is 15.5 Å². The summed E-state index contributed by atoms with van der Waals surface area (Å²) >= 11 is 0. The molecule has 1 amide bonds. The fraction of sp³-hybridized carbons (Fsp3) is 0.400. The Morgan fingerprint density at radius 2 is 1.84 bits per heavy atom. The molecule has 136 valence electrons. The summed E-state index contributed by atoms with van der Waals surface area (Å²) < 4.78 is 0. The van der Waals surface area contributed by atoms with Crippen LogP contribution in [0, 0.1) is 0 Å². The summed E-state index contributed by atoms with van der Waals surface area (Å²) in [7, 11) is 0. The van der Waals surface area contributed by atoms with Crippen molar-refractivity contribution in [3.63, 3.8) is 0 Å². The number of hydrogen-bond donors (Lipinski definition) is 3. The number of benzene rings is 1. The Morgan fingerprint density at radius 1 is 1.12 bits per heavy atom. The van der Waals surface area contributed by atoms with Crippen LogP contribution < -0.4 is 5.32 Å². The average Bonchev–Trinajstić information content (AvgIpc) is 2.58. The number of carbonyl (C=O) groups is 2. The van der Waals surface area contributed by atoms with Crippen LogP contribution in [0.4, 0.5) is 0 Å². The van der Waals surface area contributed by atoms with Crippen LogP contribution in [0.5, 0.6) is 0 Å². The van der Waals surface area contributed by atoms with E-state index in [4.69, 9.17) is 5.11 Å². The second-order valence-electron chi connectivity index (χ2n) is 5.94. The highest BCUT2D eigenvalue weighted by molar-refractivity contribution is 5.91. The summed E-state index contributed by atoms with van der Waals surface area (Å²) in [6.07, 6.45) is 10.9. The van der Waals surface area contributed by atoms with Crippen molar-refractivity contribution in [3.05, 3.63) is 60.2 Å². The predicted molar refractivity (Wildman–Crippen MR) is 98.1 cm³/mol. The van der Waals surface area contributed by atoms with Gasteiger partial charge in [-0.3, -0.25) is 4.79 Å². The highest BCUT2D eigenvalue weighted by Crippen LogP contribution is 2.07. The van der Waals surface area contributed by atoms with Crippen molar-refractivity contribution < 1.29 is 19.8 Å². The van der Waals surface area contributed by atoms with Crippen molar-refractivity contribution >= 4 is 11.9 Å². The highest BCUT2D eigenvalue weighted by atomic mass is 16.4. The van der Waals surface area contributed by atoms with Gasteiger partial charge in [-0.2, -0.15) is 0 Å². The SMILES string of the molecule is C[C@@H](O)C(NC(=O)/C=C/C=C/CCCCCc1ccccc1)C(=O)O. The smallest absolute Gasteiger partial charge is 0.328 e. The maximum atomic E-state index is 11.6. The number of rotatable bonds is 11. The Kier molecular flexibility index (Phi) is 9.94. The van der Waals surface area contributed by atoms with Gasteiger partial charge >= 0.3 is 5.97 Å². The van der Waals surface area contributed by atoms with E-state index >= 15 is 0 Å². The molecule has 0 saturated heterocycles. The average molecular weight is 345 g/mol. The lowest BCUT2D eigenvalue weighted by Crippen LogP contribution is -2.47. The van der Waals surface area contributed by atoms with Crippen LogP contribution in [0.3, 0.4) is 0 Å². The van der Waals surface area contributed by atoms with Gasteiger partial charge in [-0.05, 0) is 38.2 Å². The van der Waals surface area contributed by atoms with E-state index in [1.165, 1.54) is 18.6 Å². The molecule has 0 spiro atoms. The number of aliphatic carboxylic acids is 1. The first-order valence-electron chi connectivity index (χ1n) is 8.59. The molecule has 1 aromatic carbocycles. The van der Waals surface area contributed by atoms with E-state index in [1.807, 2.05) is 12.1 Å². The summed E-state index contributed by atoms with van der Waals surface area (Å²) in [4.78, 5) is 22.4. The van der Waals surface area contributed by atoms with E-state index in [1.54, 1.807) is 12.2 Å². The third-order valence-electron chi connectivity index (χ3n) is 3.72. The molecule has 0 radical (unpaired) electrons. The van der Waals surface area contributed by atoms with Gasteiger partial charge in [-0.25, -0.2) is 4.79 Å². The predicted octanol–water partition coefficient (Wildman–Crippen LogP) is 2.85. The fourth-order valence-electron chi connectivity index (χ4n) is 2.32. The van der Waals surface area contributed by atoms with Gasteiger partial charge in [0.25, 0.3) is 0 Å². The lowest BCUT2D eigenvalue weighted by atomic mass is 10.1. The van der Waals surface area contributed by atoms with Crippen LogP contribution in [0.2, 0.25) is 0 Å². The highest BCUT2D eigenvalue weighted by Gasteiger charge is 2.23. The Morgan fingerprint density at radius 3 is 2.48 bits per heavy atom. The molecule has 0 aliphatic carbocycles. The first-order valence-corrected chi connectivity index (χ1v) is 8.59. The van der Waals surface area contributed by atoms with Crippen LogP contribution >= 0.6 is 0 Å². The van der Waals surface area contributed by atoms with Crippen molar-refractivity contribution in [2.75, 3.05) is 0 Å². The van der Waals surface area contributed by atoms with Gasteiger partial charge in [-0.1, -0.05) is 55.0 Å². The number of amides is 1. The van der Waals surface area contributed by atoms with Gasteiger partial charge in [0.2, 0.25) is 5.91 Å². The Balaban J connectivity index is 2.14. The maximum absolute atomic E-state index is 11.6. The van der Waals surface area contributed by atoms with Gasteiger partial charge in [0, 0.05) is 6.08 Å². The van der Waals surface area contributed by atoms with Crippen molar-refractivity contribution in [1.29, 1.82) is 0 Å². The minimum Gasteiger partial charge on any atom is -0.480 e. The lowest BCUT2D eigenvalue weighted by molar-refractivity contribution is -0.144. The fourth-order valence-corrected chi connectivity index (χ4v) is 2.32. The molecule has 1 aromatic rings. The molecule has 0 aliphatic heterocycles. The van der Waals surface area contributed by atoms with E-state index < -0.39 is 24.0 Å². The minimum atomic E-state index is -1.30. The number of aliphatic hydroxyl groups is 1. The first-order chi connectivity index (χ1) is 12.0. The molecule has 25 heavy (non-hydrogen) atoms. The molecule has 5 nitrogen and oxygen atoms in total. The molecule has 0 fully saturated rings. The number of carboxylic acids is 1. The zero-order valence-electron chi connectivity index (χ0n) is 14.6. The Bertz CT molecular complexity index is 579. The number of carboxylic acid groups (broad SMARTS) is 1. The summed E-state index contributed by atoms with van der Waals surface area (Å²) in [6.45, 7) is 1.32. The molecule has 0 bridgehead atoms. The van der Waals surface area contributed by atoms with E-state index in [0.29, 0.717) is 0 Å². The van der Waals surface area contributed by atoms with Gasteiger partial charge in [0.1, 0.15) is 0 Å². The summed E-state index contributed by atoms with van der Waals surface area (Å²) in [6, 6.07) is 9.12. The minimum absolute atomic E-state index is 0.541. The molecule has 0 aliphatic rings. The number of aryl methyl sites for hydroxylation is 1. The van der Waals surface area contributed by atoms with Crippen molar-refractivity contribution in [2.45, 2.75) is 51.2 Å². The van der Waals surface area contributed by atoms with Gasteiger partial charge in [0.15, 0.2) is 6.04 Å². The van der Waals surface area contributed by atoms with Crippen LogP contribution in [0.15, 0.2) is 54.6 Å². The molecule has 2 atom stereocenters. The first kappa shape index (κ1) is 20.6. The van der Waals surface area contributed by atoms with E-state index in [-0.39, 0.29) is 0 Å². The summed E-state index contributed by atoms with van der Waals surface area (Å²) in [5.74, 6) is -1.80. The number of allylic oxidation sites excluding steroid dienone is 3. The second-order valence-corrected chi connectivity index (χ2v) is 5.94. The third-order valence-corrected chi connectivity index (χ3v) is 3.72. The number of nitrogens with one attached hydrogen (secondary N) is 1. The molecule has 0 aromatic heterocycles. The maximum Gasteiger partial charge on any atom is 0.328 e. The van der Waals surface area contributed by atoms with E-state index in [9.17, 15) is 14.7 Å². The number of aliphatic hydroxyl groups excluding tert-OH is 1. The zero-order chi connectivity index (χ0) is 18.5.